The molecule has 0 radical (unpaired) electrons. The molecule has 0 saturated heterocycles. The van der Waals surface area contributed by atoms with Gasteiger partial charge >= 0.3 is 6.18 Å². The van der Waals surface area contributed by atoms with Gasteiger partial charge in [-0.15, -0.1) is 0 Å². The molecule has 14 heavy (non-hydrogen) atoms. The van der Waals surface area contributed by atoms with E-state index in [9.17, 15) is 18.0 Å². The normalized spacial score (nSPS) is 13.8. The summed E-state index contributed by atoms with van der Waals surface area (Å²) in [6.07, 6.45) is -3.84. The molecule has 7 heteroatoms. The first-order valence-corrected chi connectivity index (χ1v) is 6.11. The predicted octanol–water partition coefficient (Wildman–Crippen LogP) is 2.46. The van der Waals surface area contributed by atoms with Gasteiger partial charge in [0.2, 0.25) is 5.91 Å². The third kappa shape index (κ3) is 6.64. The Hall–Kier alpha value is 0.220. The van der Waals surface area contributed by atoms with Gasteiger partial charge < -0.3 is 5.32 Å². The fourth-order valence-corrected chi connectivity index (χ4v) is 1.91. The van der Waals surface area contributed by atoms with Crippen molar-refractivity contribution in [2.24, 2.45) is 5.92 Å². The molecule has 0 aliphatic heterocycles. The van der Waals surface area contributed by atoms with Crippen LogP contribution in [0.1, 0.15) is 6.42 Å². The molecular weight excluding hydrogens is 331 g/mol. The molecule has 0 heterocycles. The van der Waals surface area contributed by atoms with E-state index in [0.717, 1.165) is 0 Å². The molecule has 0 aromatic heterocycles. The van der Waals surface area contributed by atoms with Crippen LogP contribution in [0.25, 0.3) is 0 Å². The van der Waals surface area contributed by atoms with Crippen LogP contribution in [-0.2, 0) is 4.79 Å². The Kier molecular flexibility index (Phi) is 6.76. The van der Waals surface area contributed by atoms with E-state index in [4.69, 9.17) is 0 Å². The van der Waals surface area contributed by atoms with Crippen LogP contribution in [0.3, 0.4) is 0 Å². The van der Waals surface area contributed by atoms with Crippen molar-refractivity contribution in [3.05, 3.63) is 0 Å². The minimum absolute atomic E-state index is 0.363. The lowest BCUT2D eigenvalue weighted by atomic mass is 10.1. The van der Waals surface area contributed by atoms with E-state index in [1.54, 1.807) is 0 Å². The smallest absolute Gasteiger partial charge is 0.347 e. The standard InChI is InChI=1S/C7H10Br2F3NO/c8-2-1-5(3-9)6(14)13-4-7(10,11)12/h5H,1-4H2,(H,13,14). The Bertz CT molecular complexity index is 186. The molecule has 1 unspecified atom stereocenters. The van der Waals surface area contributed by atoms with Crippen molar-refractivity contribution in [3.63, 3.8) is 0 Å². The van der Waals surface area contributed by atoms with Crippen molar-refractivity contribution in [1.29, 1.82) is 0 Å². The van der Waals surface area contributed by atoms with Crippen molar-refractivity contribution in [3.8, 4) is 0 Å². The lowest BCUT2D eigenvalue weighted by Gasteiger charge is -2.14. The first kappa shape index (κ1) is 14.2. The van der Waals surface area contributed by atoms with Gasteiger partial charge in [0, 0.05) is 16.6 Å². The maximum atomic E-state index is 11.7. The second-order valence-electron chi connectivity index (χ2n) is 2.66. The molecule has 1 N–H and O–H groups in total. The summed E-state index contributed by atoms with van der Waals surface area (Å²) in [5.74, 6) is -0.990. The molecule has 0 saturated carbocycles. The molecule has 0 fully saturated rings. The molecule has 1 atom stereocenters. The minimum Gasteiger partial charge on any atom is -0.347 e. The van der Waals surface area contributed by atoms with Crippen LogP contribution < -0.4 is 5.32 Å². The van der Waals surface area contributed by atoms with Gasteiger partial charge in [0.05, 0.1) is 0 Å². The molecule has 0 aliphatic carbocycles. The van der Waals surface area contributed by atoms with Gasteiger partial charge in [0.1, 0.15) is 6.54 Å². The molecule has 2 nitrogen and oxygen atoms in total. The molecule has 0 bridgehead atoms. The van der Waals surface area contributed by atoms with Crippen LogP contribution in [0.15, 0.2) is 0 Å². The fraction of sp³-hybridized carbons (Fsp3) is 0.857. The van der Waals surface area contributed by atoms with E-state index in [2.05, 4.69) is 31.9 Å². The second kappa shape index (κ2) is 6.66. The van der Waals surface area contributed by atoms with E-state index in [0.29, 0.717) is 17.1 Å². The monoisotopic (exact) mass is 339 g/mol. The number of rotatable bonds is 5. The molecule has 0 rings (SSSR count). The van der Waals surface area contributed by atoms with Crippen molar-refractivity contribution in [2.45, 2.75) is 12.6 Å². The number of carbonyl (C=O) groups excluding carboxylic acids is 1. The lowest BCUT2D eigenvalue weighted by Crippen LogP contribution is -2.38. The van der Waals surface area contributed by atoms with Gasteiger partial charge in [0.15, 0.2) is 0 Å². The SMILES string of the molecule is O=C(NCC(F)(F)F)C(CBr)CCBr. The summed E-state index contributed by atoms with van der Waals surface area (Å²) in [6.45, 7) is -1.27. The average molecular weight is 341 g/mol. The Labute approximate surface area is 96.9 Å². The first-order chi connectivity index (χ1) is 6.40. The highest BCUT2D eigenvalue weighted by atomic mass is 79.9. The number of carbonyl (C=O) groups is 1. The summed E-state index contributed by atoms with van der Waals surface area (Å²) in [6, 6.07) is 0. The zero-order chi connectivity index (χ0) is 11.2. The molecule has 0 spiro atoms. The van der Waals surface area contributed by atoms with E-state index < -0.39 is 24.5 Å². The van der Waals surface area contributed by atoms with Crippen molar-refractivity contribution < 1.29 is 18.0 Å². The molecule has 0 aromatic rings. The Morgan fingerprint density at radius 2 is 1.93 bits per heavy atom. The highest BCUT2D eigenvalue weighted by molar-refractivity contribution is 9.09. The average Bonchev–Trinajstić information content (AvgIpc) is 2.09. The van der Waals surface area contributed by atoms with Gasteiger partial charge in [-0.2, -0.15) is 13.2 Å². The van der Waals surface area contributed by atoms with Crippen molar-refractivity contribution in [2.75, 3.05) is 17.2 Å². The number of nitrogens with one attached hydrogen (secondary N) is 1. The van der Waals surface area contributed by atoms with Crippen molar-refractivity contribution in [1.82, 2.24) is 5.32 Å². The maximum absolute atomic E-state index is 11.7. The molecule has 0 aliphatic rings. The van der Waals surface area contributed by atoms with Crippen LogP contribution in [0.2, 0.25) is 0 Å². The largest absolute Gasteiger partial charge is 0.405 e. The van der Waals surface area contributed by atoms with E-state index >= 15 is 0 Å². The lowest BCUT2D eigenvalue weighted by molar-refractivity contribution is -0.140. The first-order valence-electron chi connectivity index (χ1n) is 3.87. The summed E-state index contributed by atoms with van der Waals surface area (Å²) in [5.41, 5.74) is 0. The van der Waals surface area contributed by atoms with E-state index in [-0.39, 0.29) is 0 Å². The zero-order valence-corrected chi connectivity index (χ0v) is 10.4. The molecule has 0 aromatic carbocycles. The highest BCUT2D eigenvalue weighted by Crippen LogP contribution is 2.14. The third-order valence-corrected chi connectivity index (χ3v) is 2.72. The summed E-state index contributed by atoms with van der Waals surface area (Å²) in [4.78, 5) is 11.1. The summed E-state index contributed by atoms with van der Waals surface area (Å²) in [7, 11) is 0. The zero-order valence-electron chi connectivity index (χ0n) is 7.20. The van der Waals surface area contributed by atoms with Gasteiger partial charge in [-0.25, -0.2) is 0 Å². The Morgan fingerprint density at radius 1 is 1.36 bits per heavy atom. The number of amides is 1. The van der Waals surface area contributed by atoms with Gasteiger partial charge in [-0.05, 0) is 6.42 Å². The summed E-state index contributed by atoms with van der Waals surface area (Å²) in [5, 5.41) is 2.79. The number of hydrogen-bond acceptors (Lipinski definition) is 1. The van der Waals surface area contributed by atoms with Crippen LogP contribution in [-0.4, -0.2) is 29.3 Å². The van der Waals surface area contributed by atoms with Crippen LogP contribution in [0.4, 0.5) is 13.2 Å². The van der Waals surface area contributed by atoms with E-state index in [1.165, 1.54) is 0 Å². The highest BCUT2D eigenvalue weighted by Gasteiger charge is 2.29. The van der Waals surface area contributed by atoms with Gasteiger partial charge in [-0.1, -0.05) is 31.9 Å². The topological polar surface area (TPSA) is 29.1 Å². The molecular formula is C7H10Br2F3NO. The second-order valence-corrected chi connectivity index (χ2v) is 4.10. The maximum Gasteiger partial charge on any atom is 0.405 e. The number of alkyl halides is 5. The van der Waals surface area contributed by atoms with Crippen LogP contribution in [0, 0.1) is 5.92 Å². The quantitative estimate of drug-likeness (QED) is 0.765. The predicted molar refractivity (Wildman–Crippen MR) is 54.8 cm³/mol. The minimum atomic E-state index is -4.35. The third-order valence-electron chi connectivity index (χ3n) is 1.48. The van der Waals surface area contributed by atoms with Gasteiger partial charge in [0.25, 0.3) is 0 Å². The Morgan fingerprint density at radius 3 is 2.29 bits per heavy atom. The van der Waals surface area contributed by atoms with Crippen LogP contribution >= 0.6 is 31.9 Å². The summed E-state index contributed by atoms with van der Waals surface area (Å²) < 4.78 is 35.2. The fourth-order valence-electron chi connectivity index (χ4n) is 0.742. The summed E-state index contributed by atoms with van der Waals surface area (Å²) >= 11 is 6.20. The number of hydrogen-bond donors (Lipinski definition) is 1. The van der Waals surface area contributed by atoms with Crippen molar-refractivity contribution >= 4 is 37.8 Å². The van der Waals surface area contributed by atoms with Gasteiger partial charge in [-0.3, -0.25) is 4.79 Å². The molecule has 1 amide bonds. The van der Waals surface area contributed by atoms with Crippen LogP contribution in [0.5, 0.6) is 0 Å². The Balaban J connectivity index is 3.93. The number of halogens is 5. The van der Waals surface area contributed by atoms with E-state index in [1.807, 2.05) is 5.32 Å². The molecule has 84 valence electrons.